The van der Waals surface area contributed by atoms with E-state index >= 15 is 0 Å². The first-order valence-corrected chi connectivity index (χ1v) is 35.7. The fourth-order valence-corrected chi connectivity index (χ4v) is 5.15. The number of ketones is 18. The molecule has 36 nitrogen and oxygen atoms in total. The summed E-state index contributed by atoms with van der Waals surface area (Å²) in [7, 11) is 0. The first-order valence-electron chi connectivity index (χ1n) is 35.7. The van der Waals surface area contributed by atoms with Crippen LogP contribution in [0.25, 0.3) is 0 Å². The predicted molar refractivity (Wildman–Crippen MR) is 440 cm³/mol. The van der Waals surface area contributed by atoms with Gasteiger partial charge < -0.3 is 91.9 Å². The van der Waals surface area contributed by atoms with E-state index in [1.54, 1.807) is 0 Å². The van der Waals surface area contributed by atoms with Crippen LogP contribution < -0.4 is 91.9 Å². The zero-order valence-corrected chi connectivity index (χ0v) is 89.2. The maximum atomic E-state index is 9.98. The van der Waals surface area contributed by atoms with E-state index in [0.29, 0.717) is 0 Å². The third-order valence-corrected chi connectivity index (χ3v) is 7.32. The van der Waals surface area contributed by atoms with Gasteiger partial charge in [-0.05, 0) is 234 Å². The van der Waals surface area contributed by atoms with Gasteiger partial charge in [-0.3, -0.25) is 86.3 Å². The normalized spacial score (nSPS) is 10.9. The Morgan fingerprint density at radius 2 is 0.114 bits per heavy atom. The minimum absolute atomic E-state index is 0. The molecule has 0 aromatic rings. The summed E-state index contributed by atoms with van der Waals surface area (Å²) in [5, 5.41) is 180. The molecular weight excluding hydrogens is 1970 g/mol. The van der Waals surface area contributed by atoms with Crippen molar-refractivity contribution in [2.45, 2.75) is 249 Å². The molecular formula is C90H126Cr6O36. The second kappa shape index (κ2) is 128. The molecule has 0 heterocycles. The van der Waals surface area contributed by atoms with E-state index in [0.717, 1.165) is 109 Å². The SMILES string of the molecule is CC(=O)/C=C(/C)[O-].CC(=O)/C=C(/C)[O-].CC(=O)/C=C(/C)[O-].CC(=O)/C=C(/C)[O-].CC(=O)/C=C(/C)[O-].CC(=O)/C=C(/C)[O-].CC(=O)/C=C(/C)[O-].CC(=O)/C=C(/C)[O-].CC(=O)/C=C(/C)[O-].CC(=O)/C=C(/C)[O-].CC(=O)/C=C(/C)[O-].CC(=O)/C=C(/C)[O-].CC(=O)/C=C(/C)[O-].CC(=O)/C=C(/C)[O-].CC(=O)/C=C(/C)[O-].CC(=O)/C=C(/C)[O-].CC(=O)/C=C(/C)[O-].CC(=O)/C=C(/C)[O-].[Cr+3].[Cr+3].[Cr+3].[Cr+3].[Cr+3].[Cr+3]. The molecule has 0 aliphatic carbocycles. The second-order valence-corrected chi connectivity index (χ2v) is 24.6. The Balaban J connectivity index is -0.0000000424. The Bertz CT molecular complexity index is 2860. The van der Waals surface area contributed by atoms with E-state index in [1.807, 2.05) is 0 Å². The minimum atomic E-state index is -0.187. The van der Waals surface area contributed by atoms with Crippen LogP contribution >= 0.6 is 0 Å². The van der Waals surface area contributed by atoms with Crippen molar-refractivity contribution in [2.75, 3.05) is 0 Å². The van der Waals surface area contributed by atoms with Crippen LogP contribution in [0.5, 0.6) is 0 Å². The van der Waals surface area contributed by atoms with Gasteiger partial charge in [-0.25, -0.2) is 0 Å². The molecule has 738 valence electrons. The maximum absolute atomic E-state index is 9.98. The monoisotopic (exact) mass is 2090 g/mol. The molecule has 0 aromatic heterocycles. The van der Waals surface area contributed by atoms with Crippen LogP contribution in [0.3, 0.4) is 0 Å². The Morgan fingerprint density at radius 1 is 0.0909 bits per heavy atom. The summed E-state index contributed by atoms with van der Waals surface area (Å²) in [5.41, 5.74) is 0. The summed E-state index contributed by atoms with van der Waals surface area (Å²) in [6, 6.07) is 0. The number of carbonyl (C=O) groups is 18. The molecule has 0 N–H and O–H groups in total. The van der Waals surface area contributed by atoms with Crippen molar-refractivity contribution in [3.05, 3.63) is 213 Å². The molecule has 0 aliphatic rings. The number of allylic oxidation sites excluding steroid dienone is 36. The second-order valence-electron chi connectivity index (χ2n) is 24.6. The van der Waals surface area contributed by atoms with Gasteiger partial charge in [0.2, 0.25) is 0 Å². The number of carbonyl (C=O) groups excluding carboxylic acids is 18. The van der Waals surface area contributed by atoms with Gasteiger partial charge in [0.15, 0.2) is 104 Å². The molecule has 0 fully saturated rings. The summed E-state index contributed by atoms with van der Waals surface area (Å²) in [6.45, 7) is 48.6. The Morgan fingerprint density at radius 3 is 0.114 bits per heavy atom. The smallest absolute Gasteiger partial charge is 0.876 e. The first-order chi connectivity index (χ1) is 56.3. The average molecular weight is 2100 g/mol. The van der Waals surface area contributed by atoms with Crippen LogP contribution in [-0.4, -0.2) is 104 Å². The summed E-state index contributed by atoms with van der Waals surface area (Å²) in [6.07, 6.45) is 19.0. The van der Waals surface area contributed by atoms with Crippen LogP contribution in [0.1, 0.15) is 249 Å². The van der Waals surface area contributed by atoms with Gasteiger partial charge in [-0.15, -0.1) is 104 Å². The van der Waals surface area contributed by atoms with Crippen LogP contribution in [0.2, 0.25) is 0 Å². The van der Waals surface area contributed by atoms with Crippen LogP contribution in [0, 0.1) is 0 Å². The van der Waals surface area contributed by atoms with Gasteiger partial charge in [0.1, 0.15) is 0 Å². The summed E-state index contributed by atoms with van der Waals surface area (Å²) < 4.78 is 0. The van der Waals surface area contributed by atoms with E-state index in [-0.39, 0.29) is 312 Å². The van der Waals surface area contributed by atoms with Gasteiger partial charge >= 0.3 is 104 Å². The largest absolute Gasteiger partial charge is 3.00 e. The van der Waals surface area contributed by atoms with Gasteiger partial charge in [-0.2, -0.15) is 0 Å². The standard InChI is InChI=1S/18C5H8O2.6Cr/c18*1-4(6)3-5(2)7;;;;;;/h18*3,6H,1-2H3;;;;;;/q;;;;;;;;;;;;;;;;;;6*+3/p-18/b18*4-3-;;;;;;. The fourth-order valence-electron chi connectivity index (χ4n) is 5.15. The van der Waals surface area contributed by atoms with Crippen molar-refractivity contribution in [2.24, 2.45) is 0 Å². The quantitative estimate of drug-likeness (QED) is 0.0981. The van der Waals surface area contributed by atoms with Crippen molar-refractivity contribution in [3.8, 4) is 0 Å². The molecule has 0 saturated carbocycles. The van der Waals surface area contributed by atoms with Gasteiger partial charge in [0, 0.05) is 0 Å². The van der Waals surface area contributed by atoms with Crippen molar-refractivity contribution in [1.82, 2.24) is 0 Å². The van der Waals surface area contributed by atoms with Crippen LogP contribution in [-0.2, 0) is 190 Å². The molecule has 0 rings (SSSR count). The topological polar surface area (TPSA) is 722 Å². The Hall–Kier alpha value is -11.0. The third-order valence-electron chi connectivity index (χ3n) is 7.32. The third kappa shape index (κ3) is 445. The molecule has 0 saturated heterocycles. The molecule has 0 aliphatic heterocycles. The van der Waals surface area contributed by atoms with E-state index in [1.165, 1.54) is 249 Å². The number of hydrogen-bond donors (Lipinski definition) is 0. The fraction of sp³-hybridized carbons (Fsp3) is 0.400. The number of rotatable bonds is 18. The predicted octanol–water partition coefficient (Wildman–Crippen LogP) is -2.90. The summed E-state index contributed by atoms with van der Waals surface area (Å²) in [5.74, 6) is -6.75. The van der Waals surface area contributed by atoms with E-state index in [2.05, 4.69) is 0 Å². The van der Waals surface area contributed by atoms with E-state index in [9.17, 15) is 178 Å². The van der Waals surface area contributed by atoms with Crippen LogP contribution in [0.4, 0.5) is 0 Å². The molecule has 0 amide bonds. The zero-order chi connectivity index (χ0) is 106. The number of hydrogen-bond acceptors (Lipinski definition) is 36. The van der Waals surface area contributed by atoms with Gasteiger partial charge in [0.25, 0.3) is 0 Å². The summed E-state index contributed by atoms with van der Waals surface area (Å²) >= 11 is 0. The maximum Gasteiger partial charge on any atom is 3.00 e. The summed E-state index contributed by atoms with van der Waals surface area (Å²) in [4.78, 5) is 180. The molecule has 0 unspecified atom stereocenters. The van der Waals surface area contributed by atoms with E-state index in [4.69, 9.17) is 0 Å². The molecule has 0 spiro atoms. The Kier molecular flexibility index (Phi) is 180. The molecule has 0 bridgehead atoms. The zero-order valence-electron chi connectivity index (χ0n) is 81.5. The molecule has 42 heteroatoms. The molecule has 6 radical (unpaired) electrons. The van der Waals surface area contributed by atoms with Crippen molar-refractivity contribution < 1.29 is 282 Å². The van der Waals surface area contributed by atoms with Crippen molar-refractivity contribution in [1.29, 1.82) is 0 Å². The van der Waals surface area contributed by atoms with Crippen molar-refractivity contribution >= 4 is 104 Å². The Labute approximate surface area is 842 Å². The first kappa shape index (κ1) is 185. The molecule has 0 atom stereocenters. The van der Waals surface area contributed by atoms with Crippen molar-refractivity contribution in [3.63, 3.8) is 0 Å². The van der Waals surface area contributed by atoms with Crippen LogP contribution in [0.15, 0.2) is 213 Å². The average Bonchev–Trinajstić information content (AvgIpc) is 3.43. The van der Waals surface area contributed by atoms with E-state index < -0.39 is 0 Å². The minimum Gasteiger partial charge on any atom is -0.876 e. The van der Waals surface area contributed by atoms with Gasteiger partial charge in [-0.1, -0.05) is 125 Å². The molecule has 0 aromatic carbocycles. The van der Waals surface area contributed by atoms with Gasteiger partial charge in [0.05, 0.1) is 0 Å². The molecule has 132 heavy (non-hydrogen) atoms.